The van der Waals surface area contributed by atoms with E-state index in [-0.39, 0.29) is 18.3 Å². The minimum atomic E-state index is -0.755. The third kappa shape index (κ3) is 10.00. The topological polar surface area (TPSA) is 120 Å². The smallest absolute Gasteiger partial charge is 0.251 e. The van der Waals surface area contributed by atoms with Crippen LogP contribution in [0.1, 0.15) is 52.6 Å². The number of carbonyl (C=O) groups excluding carboxylic acids is 1. The Labute approximate surface area is 230 Å². The first kappa shape index (κ1) is 30.1. The summed E-state index contributed by atoms with van der Waals surface area (Å²) < 4.78 is 11.7. The molecule has 0 aromatic heterocycles. The van der Waals surface area contributed by atoms with Gasteiger partial charge in [0.05, 0.1) is 25.9 Å². The molecule has 0 aliphatic heterocycles. The van der Waals surface area contributed by atoms with Gasteiger partial charge in [-0.05, 0) is 65.9 Å². The summed E-state index contributed by atoms with van der Waals surface area (Å²) >= 11 is 0. The molecule has 0 spiro atoms. The zero-order valence-electron chi connectivity index (χ0n) is 22.7. The van der Waals surface area contributed by atoms with E-state index in [0.717, 1.165) is 16.9 Å². The Kier molecular flexibility index (Phi) is 12.2. The summed E-state index contributed by atoms with van der Waals surface area (Å²) in [5.74, 6) is 1.12. The average molecular weight is 537 g/mol. The van der Waals surface area contributed by atoms with Crippen molar-refractivity contribution in [2.24, 2.45) is 5.92 Å². The molecule has 0 unspecified atom stereocenters. The Morgan fingerprint density at radius 3 is 2.56 bits per heavy atom. The van der Waals surface area contributed by atoms with E-state index in [1.807, 2.05) is 42.5 Å². The number of benzene rings is 3. The van der Waals surface area contributed by atoms with E-state index in [9.17, 15) is 20.1 Å². The number of para-hydroxylation sites is 1. The molecule has 0 saturated heterocycles. The lowest BCUT2D eigenvalue weighted by atomic mass is 10.1. The lowest BCUT2D eigenvalue weighted by Crippen LogP contribution is -2.27. The predicted molar refractivity (Wildman–Crippen MR) is 151 cm³/mol. The highest BCUT2D eigenvalue weighted by Gasteiger charge is 2.11. The average Bonchev–Trinajstić information content (AvgIpc) is 2.94. The summed E-state index contributed by atoms with van der Waals surface area (Å²) in [6.07, 6.45) is -0.0398. The lowest BCUT2D eigenvalue weighted by molar-refractivity contribution is 0.0883. The minimum Gasteiger partial charge on any atom is -0.508 e. The molecule has 210 valence electrons. The molecule has 0 fully saturated rings. The molecule has 1 atom stereocenters. The number of nitrogens with one attached hydrogen (secondary N) is 2. The quantitative estimate of drug-likeness (QED) is 0.177. The maximum absolute atomic E-state index is 12.3. The van der Waals surface area contributed by atoms with Crippen molar-refractivity contribution in [3.8, 4) is 11.5 Å². The van der Waals surface area contributed by atoms with Crippen molar-refractivity contribution in [3.63, 3.8) is 0 Å². The van der Waals surface area contributed by atoms with Gasteiger partial charge in [-0.1, -0.05) is 50.2 Å². The van der Waals surface area contributed by atoms with E-state index >= 15 is 0 Å². The fourth-order valence-corrected chi connectivity index (χ4v) is 3.97. The molecule has 0 bridgehead atoms. The van der Waals surface area contributed by atoms with Gasteiger partial charge < -0.3 is 35.4 Å². The number of aliphatic hydroxyl groups is 2. The van der Waals surface area contributed by atoms with Gasteiger partial charge in [0.15, 0.2) is 0 Å². The normalized spacial score (nSPS) is 11.9. The molecule has 1 amide bonds. The Balaban J connectivity index is 1.38. The van der Waals surface area contributed by atoms with Crippen molar-refractivity contribution in [1.82, 2.24) is 10.6 Å². The van der Waals surface area contributed by atoms with Crippen LogP contribution in [0.3, 0.4) is 0 Å². The van der Waals surface area contributed by atoms with Crippen molar-refractivity contribution in [2.45, 2.75) is 39.6 Å². The summed E-state index contributed by atoms with van der Waals surface area (Å²) in [4.78, 5) is 12.3. The zero-order chi connectivity index (χ0) is 28.0. The fourth-order valence-electron chi connectivity index (χ4n) is 3.97. The van der Waals surface area contributed by atoms with Crippen LogP contribution in [0.4, 0.5) is 0 Å². The largest absolute Gasteiger partial charge is 0.508 e. The van der Waals surface area contributed by atoms with Gasteiger partial charge in [-0.25, -0.2) is 0 Å². The van der Waals surface area contributed by atoms with Gasteiger partial charge in [-0.15, -0.1) is 0 Å². The second-order valence-corrected chi connectivity index (χ2v) is 9.83. The standard InChI is InChI=1S/C31H40N2O6/c1-22(2)18-33-31(37)26-8-5-6-23(16-26)21-38-14-15-39-30-9-4-3-7-24(30)12-13-32-19-29(36)25-10-11-28(35)27(17-25)20-34/h3-11,16-17,22,29,32,34-36H,12-15,18-21H2,1-2H3,(H,33,37)/t29-/m0/s1. The van der Waals surface area contributed by atoms with E-state index in [1.54, 1.807) is 18.2 Å². The van der Waals surface area contributed by atoms with Crippen LogP contribution in [-0.4, -0.2) is 54.1 Å². The molecular formula is C31H40N2O6. The highest BCUT2D eigenvalue weighted by atomic mass is 16.5. The molecule has 8 nitrogen and oxygen atoms in total. The van der Waals surface area contributed by atoms with Crippen LogP contribution in [0.2, 0.25) is 0 Å². The van der Waals surface area contributed by atoms with E-state index in [2.05, 4.69) is 24.5 Å². The van der Waals surface area contributed by atoms with E-state index in [1.165, 1.54) is 6.07 Å². The minimum absolute atomic E-state index is 0.0131. The zero-order valence-corrected chi connectivity index (χ0v) is 22.7. The number of hydrogen-bond donors (Lipinski definition) is 5. The molecule has 0 heterocycles. The number of aromatic hydroxyl groups is 1. The molecule has 0 radical (unpaired) electrons. The van der Waals surface area contributed by atoms with Crippen LogP contribution < -0.4 is 15.4 Å². The Bertz CT molecular complexity index is 1180. The molecule has 39 heavy (non-hydrogen) atoms. The maximum Gasteiger partial charge on any atom is 0.251 e. The number of ether oxygens (including phenoxy) is 2. The van der Waals surface area contributed by atoms with Crippen LogP contribution in [0, 0.1) is 5.92 Å². The molecule has 3 aromatic carbocycles. The van der Waals surface area contributed by atoms with Crippen molar-refractivity contribution < 1.29 is 29.6 Å². The van der Waals surface area contributed by atoms with Crippen molar-refractivity contribution in [2.75, 3.05) is 32.8 Å². The van der Waals surface area contributed by atoms with Gasteiger partial charge in [0.1, 0.15) is 18.1 Å². The summed E-state index contributed by atoms with van der Waals surface area (Å²) in [5, 5.41) is 35.6. The number of aliphatic hydroxyl groups excluding tert-OH is 2. The maximum atomic E-state index is 12.3. The lowest BCUT2D eigenvalue weighted by Gasteiger charge is -2.15. The number of rotatable bonds is 16. The second kappa shape index (κ2) is 15.9. The van der Waals surface area contributed by atoms with Crippen molar-refractivity contribution in [1.29, 1.82) is 0 Å². The van der Waals surface area contributed by atoms with Crippen LogP contribution in [0.15, 0.2) is 66.7 Å². The molecule has 0 saturated carbocycles. The third-order valence-electron chi connectivity index (χ3n) is 6.15. The summed E-state index contributed by atoms with van der Waals surface area (Å²) in [6.45, 7) is 6.65. The van der Waals surface area contributed by atoms with Gasteiger partial charge in [0, 0.05) is 24.2 Å². The third-order valence-corrected chi connectivity index (χ3v) is 6.15. The molecule has 3 rings (SSSR count). The first-order valence-electron chi connectivity index (χ1n) is 13.3. The Morgan fingerprint density at radius 2 is 1.77 bits per heavy atom. The van der Waals surface area contributed by atoms with E-state index in [4.69, 9.17) is 9.47 Å². The van der Waals surface area contributed by atoms with Crippen LogP contribution in [0.25, 0.3) is 0 Å². The predicted octanol–water partition coefficient (Wildman–Crippen LogP) is 3.73. The first-order valence-corrected chi connectivity index (χ1v) is 13.3. The van der Waals surface area contributed by atoms with Gasteiger partial charge in [-0.2, -0.15) is 0 Å². The Hall–Kier alpha value is -3.43. The van der Waals surface area contributed by atoms with Gasteiger partial charge in [-0.3, -0.25) is 4.79 Å². The molecule has 0 aliphatic rings. The Morgan fingerprint density at radius 1 is 0.949 bits per heavy atom. The second-order valence-electron chi connectivity index (χ2n) is 9.83. The summed E-state index contributed by atoms with van der Waals surface area (Å²) in [6, 6.07) is 20.0. The monoisotopic (exact) mass is 536 g/mol. The molecule has 5 N–H and O–H groups in total. The van der Waals surface area contributed by atoms with Gasteiger partial charge >= 0.3 is 0 Å². The summed E-state index contributed by atoms with van der Waals surface area (Å²) in [5.41, 5.74) is 3.63. The number of amides is 1. The molecule has 0 aliphatic carbocycles. The molecule has 3 aromatic rings. The van der Waals surface area contributed by atoms with Crippen molar-refractivity contribution >= 4 is 5.91 Å². The number of carbonyl (C=O) groups is 1. The molecule has 8 heteroatoms. The number of hydrogen-bond acceptors (Lipinski definition) is 7. The van der Waals surface area contributed by atoms with Crippen LogP contribution in [0.5, 0.6) is 11.5 Å². The van der Waals surface area contributed by atoms with Crippen LogP contribution >= 0.6 is 0 Å². The fraction of sp³-hybridized carbons (Fsp3) is 0.387. The van der Waals surface area contributed by atoms with E-state index in [0.29, 0.717) is 68.5 Å². The van der Waals surface area contributed by atoms with Gasteiger partial charge in [0.2, 0.25) is 0 Å². The first-order chi connectivity index (χ1) is 18.9. The van der Waals surface area contributed by atoms with Crippen molar-refractivity contribution in [3.05, 3.63) is 94.5 Å². The SMILES string of the molecule is CC(C)CNC(=O)c1cccc(COCCOc2ccccc2CCNC[C@H](O)c2ccc(O)c(CO)c2)c1. The van der Waals surface area contributed by atoms with Crippen LogP contribution in [-0.2, 0) is 24.4 Å². The number of phenols is 1. The van der Waals surface area contributed by atoms with E-state index < -0.39 is 6.10 Å². The highest BCUT2D eigenvalue weighted by Crippen LogP contribution is 2.22. The van der Waals surface area contributed by atoms with Gasteiger partial charge in [0.25, 0.3) is 5.91 Å². The molecular weight excluding hydrogens is 496 g/mol. The highest BCUT2D eigenvalue weighted by molar-refractivity contribution is 5.94. The summed E-state index contributed by atoms with van der Waals surface area (Å²) in [7, 11) is 0.